The number of likely N-dealkylation sites (N-methyl/N-ethyl adjacent to an activating group) is 1. The Kier molecular flexibility index (Phi) is 4.49. The van der Waals surface area contributed by atoms with Gasteiger partial charge in [-0.3, -0.25) is 9.48 Å². The molecule has 2 heterocycles. The number of benzene rings is 1. The highest BCUT2D eigenvalue weighted by Crippen LogP contribution is 2.22. The summed E-state index contributed by atoms with van der Waals surface area (Å²) in [5.41, 5.74) is 3.95. The van der Waals surface area contributed by atoms with Crippen LogP contribution in [0.4, 0.5) is 0 Å². The van der Waals surface area contributed by atoms with E-state index in [0.29, 0.717) is 6.54 Å². The van der Waals surface area contributed by atoms with Gasteiger partial charge in [-0.15, -0.1) is 11.3 Å². The summed E-state index contributed by atoms with van der Waals surface area (Å²) in [6.07, 6.45) is 3.44. The monoisotopic (exact) mass is 340 g/mol. The van der Waals surface area contributed by atoms with Crippen LogP contribution in [0.2, 0.25) is 0 Å². The maximum absolute atomic E-state index is 12.4. The fraction of sp³-hybridized carbons (Fsp3) is 0.278. The number of aromatic nitrogens is 3. The first-order valence-electron chi connectivity index (χ1n) is 7.73. The highest BCUT2D eigenvalue weighted by atomic mass is 32.1. The minimum Gasteiger partial charge on any atom is -0.335 e. The molecule has 0 spiro atoms. The van der Waals surface area contributed by atoms with Gasteiger partial charge in [0.1, 0.15) is 5.01 Å². The highest BCUT2D eigenvalue weighted by Gasteiger charge is 2.11. The van der Waals surface area contributed by atoms with E-state index in [1.807, 2.05) is 55.9 Å². The summed E-state index contributed by atoms with van der Waals surface area (Å²) in [6, 6.07) is 8.01. The lowest BCUT2D eigenvalue weighted by Gasteiger charge is -2.12. The number of hydrogen-bond acceptors (Lipinski definition) is 4. The molecule has 0 saturated heterocycles. The second-order valence-corrected chi connectivity index (χ2v) is 6.93. The van der Waals surface area contributed by atoms with Gasteiger partial charge in [0, 0.05) is 31.4 Å². The van der Waals surface area contributed by atoms with Gasteiger partial charge in [0.2, 0.25) is 5.91 Å². The van der Waals surface area contributed by atoms with Gasteiger partial charge in [0.05, 0.1) is 22.5 Å². The van der Waals surface area contributed by atoms with Crippen molar-refractivity contribution in [1.29, 1.82) is 0 Å². The molecule has 24 heavy (non-hydrogen) atoms. The number of amides is 1. The standard InChI is InChI=1S/C18H20N4OS/c1-12-14(13(2)22(4)20-12)9-10-18(23)21(3)11-17-19-15-7-5-6-8-16(15)24-17/h5-10H,11H2,1-4H3/b10-9+. The summed E-state index contributed by atoms with van der Waals surface area (Å²) in [7, 11) is 3.70. The molecule has 5 nitrogen and oxygen atoms in total. The van der Waals surface area contributed by atoms with E-state index >= 15 is 0 Å². The number of para-hydroxylation sites is 1. The summed E-state index contributed by atoms with van der Waals surface area (Å²) in [5.74, 6) is -0.0445. The summed E-state index contributed by atoms with van der Waals surface area (Å²) >= 11 is 1.62. The first-order valence-corrected chi connectivity index (χ1v) is 8.55. The van der Waals surface area contributed by atoms with Crippen LogP contribution in [0.15, 0.2) is 30.3 Å². The lowest BCUT2D eigenvalue weighted by Crippen LogP contribution is -2.24. The second-order valence-electron chi connectivity index (χ2n) is 5.81. The fourth-order valence-electron chi connectivity index (χ4n) is 2.58. The fourth-order valence-corrected chi connectivity index (χ4v) is 3.60. The molecule has 1 amide bonds. The van der Waals surface area contributed by atoms with Crippen LogP contribution in [0.5, 0.6) is 0 Å². The zero-order valence-corrected chi connectivity index (χ0v) is 15.1. The molecule has 2 aromatic heterocycles. The molecule has 0 N–H and O–H groups in total. The Morgan fingerprint density at radius 1 is 1.33 bits per heavy atom. The third-order valence-corrected chi connectivity index (χ3v) is 5.07. The summed E-state index contributed by atoms with van der Waals surface area (Å²) in [4.78, 5) is 18.6. The molecule has 3 rings (SSSR count). The predicted octanol–water partition coefficient (Wildman–Crippen LogP) is 3.32. The van der Waals surface area contributed by atoms with Crippen LogP contribution in [0, 0.1) is 13.8 Å². The molecule has 0 bridgehead atoms. The summed E-state index contributed by atoms with van der Waals surface area (Å²) in [6.45, 7) is 4.45. The van der Waals surface area contributed by atoms with Gasteiger partial charge in [-0.25, -0.2) is 4.98 Å². The average Bonchev–Trinajstić information content (AvgIpc) is 3.06. The molecule has 3 aromatic rings. The lowest BCUT2D eigenvalue weighted by atomic mass is 10.2. The van der Waals surface area contributed by atoms with Crippen LogP contribution >= 0.6 is 11.3 Å². The number of carbonyl (C=O) groups is 1. The molecule has 0 aliphatic carbocycles. The number of thiazole rings is 1. The minimum absolute atomic E-state index is 0.0445. The van der Waals surface area contributed by atoms with E-state index in [1.54, 1.807) is 29.4 Å². The van der Waals surface area contributed by atoms with Gasteiger partial charge < -0.3 is 4.90 Å². The Hall–Kier alpha value is -2.47. The Bertz CT molecular complexity index is 889. The Morgan fingerprint density at radius 2 is 2.08 bits per heavy atom. The van der Waals surface area contributed by atoms with E-state index < -0.39 is 0 Å². The number of fused-ring (bicyclic) bond motifs is 1. The van der Waals surface area contributed by atoms with Crippen LogP contribution in [0.1, 0.15) is 22.0 Å². The van der Waals surface area contributed by atoms with E-state index in [-0.39, 0.29) is 5.91 Å². The maximum atomic E-state index is 12.4. The highest BCUT2D eigenvalue weighted by molar-refractivity contribution is 7.18. The molecule has 124 valence electrons. The zero-order chi connectivity index (χ0) is 17.3. The van der Waals surface area contributed by atoms with Crippen molar-refractivity contribution in [3.05, 3.63) is 52.3 Å². The number of carbonyl (C=O) groups excluding carboxylic acids is 1. The third-order valence-electron chi connectivity index (χ3n) is 4.04. The quantitative estimate of drug-likeness (QED) is 0.685. The van der Waals surface area contributed by atoms with E-state index in [4.69, 9.17) is 0 Å². The SMILES string of the molecule is Cc1nn(C)c(C)c1/C=C/C(=O)N(C)Cc1nc2ccccc2s1. The van der Waals surface area contributed by atoms with Crippen molar-refractivity contribution in [3.8, 4) is 0 Å². The van der Waals surface area contributed by atoms with Crippen molar-refractivity contribution < 1.29 is 4.79 Å². The van der Waals surface area contributed by atoms with E-state index in [0.717, 1.165) is 32.2 Å². The van der Waals surface area contributed by atoms with Gasteiger partial charge in [-0.1, -0.05) is 12.1 Å². The molecule has 0 saturated carbocycles. The lowest BCUT2D eigenvalue weighted by molar-refractivity contribution is -0.125. The van der Waals surface area contributed by atoms with Crippen LogP contribution < -0.4 is 0 Å². The van der Waals surface area contributed by atoms with Crippen LogP contribution in [0.25, 0.3) is 16.3 Å². The van der Waals surface area contributed by atoms with Crippen LogP contribution in [0.3, 0.4) is 0 Å². The molecule has 0 unspecified atom stereocenters. The summed E-state index contributed by atoms with van der Waals surface area (Å²) < 4.78 is 2.97. The number of rotatable bonds is 4. The molecule has 1 aromatic carbocycles. The zero-order valence-electron chi connectivity index (χ0n) is 14.3. The van der Waals surface area contributed by atoms with Gasteiger partial charge in [-0.2, -0.15) is 5.10 Å². The number of aryl methyl sites for hydroxylation is 2. The Morgan fingerprint density at radius 3 is 2.75 bits per heavy atom. The topological polar surface area (TPSA) is 51.0 Å². The number of hydrogen-bond donors (Lipinski definition) is 0. The minimum atomic E-state index is -0.0445. The van der Waals surface area contributed by atoms with Crippen molar-refractivity contribution in [3.63, 3.8) is 0 Å². The average molecular weight is 340 g/mol. The van der Waals surface area contributed by atoms with Gasteiger partial charge in [-0.05, 0) is 32.1 Å². The van der Waals surface area contributed by atoms with E-state index in [2.05, 4.69) is 10.1 Å². The van der Waals surface area contributed by atoms with E-state index in [9.17, 15) is 4.79 Å². The molecular weight excluding hydrogens is 320 g/mol. The maximum Gasteiger partial charge on any atom is 0.246 e. The predicted molar refractivity (Wildman–Crippen MR) is 97.8 cm³/mol. The largest absolute Gasteiger partial charge is 0.335 e. The van der Waals surface area contributed by atoms with Crippen molar-refractivity contribution in [1.82, 2.24) is 19.7 Å². The molecule has 0 aliphatic rings. The van der Waals surface area contributed by atoms with Crippen molar-refractivity contribution >= 4 is 33.5 Å². The smallest absolute Gasteiger partial charge is 0.246 e. The van der Waals surface area contributed by atoms with Crippen molar-refractivity contribution in [2.45, 2.75) is 20.4 Å². The Labute approximate surface area is 145 Å². The first-order chi connectivity index (χ1) is 11.5. The van der Waals surface area contributed by atoms with Gasteiger partial charge in [0.25, 0.3) is 0 Å². The second kappa shape index (κ2) is 6.57. The van der Waals surface area contributed by atoms with Crippen molar-refractivity contribution in [2.24, 2.45) is 7.05 Å². The van der Waals surface area contributed by atoms with E-state index in [1.165, 1.54) is 0 Å². The molecule has 6 heteroatoms. The molecular formula is C18H20N4OS. The van der Waals surface area contributed by atoms with Crippen LogP contribution in [-0.2, 0) is 18.4 Å². The summed E-state index contributed by atoms with van der Waals surface area (Å²) in [5, 5.41) is 5.30. The normalized spacial score (nSPS) is 11.5. The van der Waals surface area contributed by atoms with Crippen LogP contribution in [-0.4, -0.2) is 32.6 Å². The first kappa shape index (κ1) is 16.4. The molecule has 0 atom stereocenters. The molecule has 0 fully saturated rings. The van der Waals surface area contributed by atoms with Gasteiger partial charge >= 0.3 is 0 Å². The third kappa shape index (κ3) is 3.23. The molecule has 0 aliphatic heterocycles. The number of nitrogens with zero attached hydrogens (tertiary/aromatic N) is 4. The molecule has 0 radical (unpaired) electrons. The van der Waals surface area contributed by atoms with Gasteiger partial charge in [0.15, 0.2) is 0 Å². The Balaban J connectivity index is 1.71. The van der Waals surface area contributed by atoms with Crippen molar-refractivity contribution in [2.75, 3.05) is 7.05 Å².